The molecule has 0 radical (unpaired) electrons. The smallest absolute Gasteiger partial charge is 0.0768 e. The second kappa shape index (κ2) is 4.40. The number of aliphatic hydroxyl groups is 1. The van der Waals surface area contributed by atoms with Crippen molar-refractivity contribution in [3.63, 3.8) is 0 Å². The van der Waals surface area contributed by atoms with Crippen LogP contribution < -0.4 is 5.32 Å². The minimum absolute atomic E-state index is 0.260. The molecule has 2 N–H and O–H groups in total. The van der Waals surface area contributed by atoms with Crippen LogP contribution in [0.3, 0.4) is 0 Å². The van der Waals surface area contributed by atoms with Gasteiger partial charge in [0.2, 0.25) is 0 Å². The summed E-state index contributed by atoms with van der Waals surface area (Å²) in [4.78, 5) is 0. The third kappa shape index (κ3) is 3.74. The third-order valence-corrected chi connectivity index (χ3v) is 3.34. The first-order valence-corrected chi connectivity index (χ1v) is 6.16. The van der Waals surface area contributed by atoms with Crippen molar-refractivity contribution in [1.29, 1.82) is 0 Å². The molecule has 1 saturated heterocycles. The molecule has 2 fully saturated rings. The molecule has 2 rings (SSSR count). The lowest BCUT2D eigenvalue weighted by atomic mass is 9.97. The summed E-state index contributed by atoms with van der Waals surface area (Å²) in [5, 5.41) is 13.6. The molecule has 15 heavy (non-hydrogen) atoms. The third-order valence-electron chi connectivity index (χ3n) is 3.34. The largest absolute Gasteiger partial charge is 0.389 e. The van der Waals surface area contributed by atoms with Gasteiger partial charge in [-0.25, -0.2) is 0 Å². The molecular formula is C12H23NO2. The summed E-state index contributed by atoms with van der Waals surface area (Å²) in [6.07, 6.45) is 6.17. The Balaban J connectivity index is 1.70. The minimum Gasteiger partial charge on any atom is -0.389 e. The standard InChI is InChI=1S/C12H23NO2/c1-9-3-6-11(15-9)7-12(2,14)8-13-10-4-5-10/h9-11,13-14H,3-8H2,1-2H3. The average molecular weight is 213 g/mol. The number of hydrogen-bond acceptors (Lipinski definition) is 3. The lowest BCUT2D eigenvalue weighted by Gasteiger charge is -2.26. The van der Waals surface area contributed by atoms with Gasteiger partial charge in [0, 0.05) is 19.0 Å². The van der Waals surface area contributed by atoms with Gasteiger partial charge >= 0.3 is 0 Å². The quantitative estimate of drug-likeness (QED) is 0.726. The minimum atomic E-state index is -0.614. The molecule has 1 aliphatic heterocycles. The van der Waals surface area contributed by atoms with Gasteiger partial charge in [0.1, 0.15) is 0 Å². The zero-order valence-corrected chi connectivity index (χ0v) is 9.83. The van der Waals surface area contributed by atoms with Crippen LogP contribution in [0.2, 0.25) is 0 Å². The fourth-order valence-corrected chi connectivity index (χ4v) is 2.25. The molecule has 0 bridgehead atoms. The van der Waals surface area contributed by atoms with Crippen molar-refractivity contribution in [3.8, 4) is 0 Å². The molecule has 1 saturated carbocycles. The zero-order chi connectivity index (χ0) is 10.9. The van der Waals surface area contributed by atoms with Crippen molar-refractivity contribution in [2.24, 2.45) is 0 Å². The second-order valence-corrected chi connectivity index (χ2v) is 5.50. The Morgan fingerprint density at radius 2 is 2.07 bits per heavy atom. The predicted molar refractivity (Wildman–Crippen MR) is 59.8 cm³/mol. The molecule has 0 aromatic heterocycles. The van der Waals surface area contributed by atoms with Crippen molar-refractivity contribution in [2.75, 3.05) is 6.54 Å². The van der Waals surface area contributed by atoms with Crippen LogP contribution in [0, 0.1) is 0 Å². The van der Waals surface area contributed by atoms with E-state index in [9.17, 15) is 5.11 Å². The van der Waals surface area contributed by atoms with E-state index in [0.29, 0.717) is 18.7 Å². The molecule has 1 aliphatic carbocycles. The van der Waals surface area contributed by atoms with Gasteiger partial charge in [-0.05, 0) is 39.5 Å². The van der Waals surface area contributed by atoms with Crippen LogP contribution in [0.1, 0.15) is 46.0 Å². The maximum absolute atomic E-state index is 10.2. The Bertz CT molecular complexity index is 214. The van der Waals surface area contributed by atoms with Crippen molar-refractivity contribution < 1.29 is 9.84 Å². The van der Waals surface area contributed by atoms with Crippen molar-refractivity contribution >= 4 is 0 Å². The summed E-state index contributed by atoms with van der Waals surface area (Å²) in [6, 6.07) is 0.667. The summed E-state index contributed by atoms with van der Waals surface area (Å²) in [5.74, 6) is 0. The Kier molecular flexibility index (Phi) is 3.33. The van der Waals surface area contributed by atoms with E-state index >= 15 is 0 Å². The number of hydrogen-bond donors (Lipinski definition) is 2. The van der Waals surface area contributed by atoms with Crippen LogP contribution in [-0.2, 0) is 4.74 Å². The van der Waals surface area contributed by atoms with Gasteiger partial charge in [-0.2, -0.15) is 0 Å². The monoisotopic (exact) mass is 213 g/mol. The summed E-state index contributed by atoms with van der Waals surface area (Å²) in [6.45, 7) is 4.72. The first-order valence-electron chi connectivity index (χ1n) is 6.16. The highest BCUT2D eigenvalue weighted by Gasteiger charge is 2.32. The Morgan fingerprint density at radius 3 is 2.60 bits per heavy atom. The highest BCUT2D eigenvalue weighted by Crippen LogP contribution is 2.27. The molecule has 3 unspecified atom stereocenters. The molecule has 2 aliphatic rings. The first kappa shape index (κ1) is 11.4. The van der Waals surface area contributed by atoms with E-state index in [1.165, 1.54) is 12.8 Å². The Morgan fingerprint density at radius 1 is 1.33 bits per heavy atom. The van der Waals surface area contributed by atoms with E-state index in [4.69, 9.17) is 4.74 Å². The molecule has 1 heterocycles. The predicted octanol–water partition coefficient (Wildman–Crippen LogP) is 1.45. The number of rotatable bonds is 5. The lowest BCUT2D eigenvalue weighted by molar-refractivity contribution is -0.0230. The van der Waals surface area contributed by atoms with Gasteiger partial charge in [0.15, 0.2) is 0 Å². The molecule has 0 amide bonds. The highest BCUT2D eigenvalue weighted by molar-refractivity contribution is 4.88. The summed E-state index contributed by atoms with van der Waals surface area (Å²) < 4.78 is 5.73. The van der Waals surface area contributed by atoms with Crippen molar-refractivity contribution in [2.45, 2.75) is 69.8 Å². The van der Waals surface area contributed by atoms with Crippen LogP contribution in [0.15, 0.2) is 0 Å². The molecule has 3 heteroatoms. The highest BCUT2D eigenvalue weighted by atomic mass is 16.5. The van der Waals surface area contributed by atoms with Gasteiger partial charge in [0.25, 0.3) is 0 Å². The van der Waals surface area contributed by atoms with Crippen LogP contribution >= 0.6 is 0 Å². The summed E-state index contributed by atoms with van der Waals surface area (Å²) in [5.41, 5.74) is -0.614. The van der Waals surface area contributed by atoms with Gasteiger partial charge in [-0.1, -0.05) is 0 Å². The van der Waals surface area contributed by atoms with E-state index in [1.54, 1.807) is 0 Å². The molecule has 3 atom stereocenters. The van der Waals surface area contributed by atoms with Gasteiger partial charge < -0.3 is 15.2 Å². The maximum Gasteiger partial charge on any atom is 0.0768 e. The molecule has 88 valence electrons. The van der Waals surface area contributed by atoms with Crippen LogP contribution in [-0.4, -0.2) is 35.5 Å². The topological polar surface area (TPSA) is 41.5 Å². The lowest BCUT2D eigenvalue weighted by Crippen LogP contribution is -2.41. The van der Waals surface area contributed by atoms with E-state index in [0.717, 1.165) is 19.3 Å². The second-order valence-electron chi connectivity index (χ2n) is 5.50. The normalized spacial score (nSPS) is 35.4. The van der Waals surface area contributed by atoms with E-state index in [-0.39, 0.29) is 6.10 Å². The fraction of sp³-hybridized carbons (Fsp3) is 1.00. The average Bonchev–Trinajstić information content (AvgIpc) is 2.88. The Labute approximate surface area is 92.2 Å². The van der Waals surface area contributed by atoms with Gasteiger partial charge in [-0.3, -0.25) is 0 Å². The van der Waals surface area contributed by atoms with E-state index in [1.807, 2.05) is 6.92 Å². The Hall–Kier alpha value is -0.120. The molecule has 0 spiro atoms. The van der Waals surface area contributed by atoms with Crippen LogP contribution in [0.4, 0.5) is 0 Å². The van der Waals surface area contributed by atoms with Gasteiger partial charge in [-0.15, -0.1) is 0 Å². The molecular weight excluding hydrogens is 190 g/mol. The van der Waals surface area contributed by atoms with E-state index in [2.05, 4.69) is 12.2 Å². The molecule has 0 aromatic carbocycles. The SMILES string of the molecule is CC1CCC(CC(C)(O)CNC2CC2)O1. The number of nitrogens with one attached hydrogen (secondary N) is 1. The van der Waals surface area contributed by atoms with Crippen LogP contribution in [0.5, 0.6) is 0 Å². The van der Waals surface area contributed by atoms with Crippen LogP contribution in [0.25, 0.3) is 0 Å². The maximum atomic E-state index is 10.2. The van der Waals surface area contributed by atoms with Crippen molar-refractivity contribution in [1.82, 2.24) is 5.32 Å². The summed E-state index contributed by atoms with van der Waals surface area (Å²) >= 11 is 0. The molecule has 0 aromatic rings. The first-order chi connectivity index (χ1) is 7.05. The molecule has 3 nitrogen and oxygen atoms in total. The fourth-order valence-electron chi connectivity index (χ4n) is 2.25. The van der Waals surface area contributed by atoms with Gasteiger partial charge in [0.05, 0.1) is 17.8 Å². The summed E-state index contributed by atoms with van der Waals surface area (Å²) in [7, 11) is 0. The number of ether oxygens (including phenoxy) is 1. The van der Waals surface area contributed by atoms with E-state index < -0.39 is 5.60 Å². The zero-order valence-electron chi connectivity index (χ0n) is 9.83. The van der Waals surface area contributed by atoms with Crippen molar-refractivity contribution in [3.05, 3.63) is 0 Å².